The quantitative estimate of drug-likeness (QED) is 0.860. The van der Waals surface area contributed by atoms with Crippen molar-refractivity contribution in [2.45, 2.75) is 44.9 Å². The van der Waals surface area contributed by atoms with Gasteiger partial charge in [-0.15, -0.1) is 11.3 Å². The lowest BCUT2D eigenvalue weighted by molar-refractivity contribution is -0.138. The summed E-state index contributed by atoms with van der Waals surface area (Å²) in [6, 6.07) is 0. The van der Waals surface area contributed by atoms with Crippen LogP contribution >= 0.6 is 11.3 Å². The van der Waals surface area contributed by atoms with Crippen LogP contribution in [0.15, 0.2) is 0 Å². The van der Waals surface area contributed by atoms with Crippen LogP contribution in [0.5, 0.6) is 0 Å². The van der Waals surface area contributed by atoms with Gasteiger partial charge < -0.3 is 5.11 Å². The minimum absolute atomic E-state index is 0.345. The fourth-order valence-corrected chi connectivity index (χ4v) is 3.98. The highest BCUT2D eigenvalue weighted by atomic mass is 32.1. The fourth-order valence-electron chi connectivity index (χ4n) is 2.52. The Morgan fingerprint density at radius 2 is 2.25 bits per heavy atom. The number of nitrogens with zero attached hydrogens (tertiary/aromatic N) is 1. The van der Waals surface area contributed by atoms with E-state index in [0.29, 0.717) is 11.3 Å². The number of rotatable bonds is 2. The monoisotopic (exact) mass is 237 g/mol. The zero-order valence-corrected chi connectivity index (χ0v) is 10.3. The lowest BCUT2D eigenvalue weighted by Gasteiger charge is -2.02. The molecule has 0 radical (unpaired) electrons. The van der Waals surface area contributed by atoms with Crippen molar-refractivity contribution < 1.29 is 9.90 Å². The van der Waals surface area contributed by atoms with E-state index in [1.807, 2.05) is 0 Å². The summed E-state index contributed by atoms with van der Waals surface area (Å²) in [5, 5.41) is 10.3. The summed E-state index contributed by atoms with van der Waals surface area (Å²) < 4.78 is 0. The minimum atomic E-state index is -0.717. The lowest BCUT2D eigenvalue weighted by atomic mass is 10.1. The van der Waals surface area contributed by atoms with Crippen molar-refractivity contribution in [1.82, 2.24) is 4.98 Å². The third kappa shape index (κ3) is 1.39. The predicted molar refractivity (Wildman–Crippen MR) is 62.0 cm³/mol. The molecule has 1 aromatic rings. The van der Waals surface area contributed by atoms with Crippen LogP contribution < -0.4 is 0 Å². The Morgan fingerprint density at radius 3 is 2.81 bits per heavy atom. The number of carboxylic acid groups (broad SMARTS) is 1. The number of aliphatic carboxylic acids is 1. The second kappa shape index (κ2) is 3.06. The Hall–Kier alpha value is -0.900. The molecule has 1 heterocycles. The van der Waals surface area contributed by atoms with Crippen LogP contribution in [0.2, 0.25) is 0 Å². The van der Waals surface area contributed by atoms with Crippen molar-refractivity contribution in [3.8, 4) is 0 Å². The number of aromatic nitrogens is 1. The first kappa shape index (κ1) is 10.3. The number of thiazole rings is 1. The maximum Gasteiger partial charge on any atom is 0.312 e. The first-order valence-corrected chi connectivity index (χ1v) is 6.53. The molecule has 3 nitrogen and oxygen atoms in total. The van der Waals surface area contributed by atoms with E-state index in [0.717, 1.165) is 18.5 Å². The molecule has 1 aromatic heterocycles. The first-order chi connectivity index (χ1) is 7.49. The maximum absolute atomic E-state index is 11.1. The summed E-state index contributed by atoms with van der Waals surface area (Å²) in [4.78, 5) is 16.9. The van der Waals surface area contributed by atoms with Crippen molar-refractivity contribution in [1.29, 1.82) is 0 Å². The lowest BCUT2D eigenvalue weighted by Crippen LogP contribution is -2.08. The second-order valence-corrected chi connectivity index (χ2v) is 6.65. The first-order valence-electron chi connectivity index (χ1n) is 5.71. The average Bonchev–Trinajstić information content (AvgIpc) is 2.60. The molecule has 1 saturated carbocycles. The molecule has 0 aromatic carbocycles. The van der Waals surface area contributed by atoms with Gasteiger partial charge in [0.15, 0.2) is 0 Å². The van der Waals surface area contributed by atoms with Crippen LogP contribution in [-0.2, 0) is 11.2 Å². The predicted octanol–water partition coefficient (Wildman–Crippen LogP) is 2.77. The number of fused-ring (bicyclic) bond motifs is 1. The molecule has 1 fully saturated rings. The molecule has 2 aliphatic rings. The molecule has 1 N–H and O–H groups in total. The molecule has 0 bridgehead atoms. The number of aryl methyl sites for hydroxylation is 1. The van der Waals surface area contributed by atoms with Gasteiger partial charge >= 0.3 is 5.97 Å². The molecule has 0 aliphatic heterocycles. The minimum Gasteiger partial charge on any atom is -0.481 e. The van der Waals surface area contributed by atoms with E-state index in [4.69, 9.17) is 5.11 Å². The number of carbonyl (C=O) groups is 1. The van der Waals surface area contributed by atoms with Gasteiger partial charge in [-0.25, -0.2) is 4.98 Å². The van der Waals surface area contributed by atoms with Crippen molar-refractivity contribution in [2.24, 2.45) is 5.41 Å². The SMILES string of the molecule is CC1(C)CC1c1nc2c(s1)CCC2C(=O)O. The molecule has 0 spiro atoms. The highest BCUT2D eigenvalue weighted by Crippen LogP contribution is 2.60. The summed E-state index contributed by atoms with van der Waals surface area (Å²) >= 11 is 1.74. The topological polar surface area (TPSA) is 50.2 Å². The van der Waals surface area contributed by atoms with Crippen molar-refractivity contribution >= 4 is 17.3 Å². The van der Waals surface area contributed by atoms with Gasteiger partial charge in [-0.05, 0) is 24.7 Å². The summed E-state index contributed by atoms with van der Waals surface area (Å²) in [6.07, 6.45) is 2.83. The van der Waals surface area contributed by atoms with Crippen LogP contribution in [-0.4, -0.2) is 16.1 Å². The molecule has 16 heavy (non-hydrogen) atoms. The summed E-state index contributed by atoms with van der Waals surface area (Å²) in [5.74, 6) is -0.495. The average molecular weight is 237 g/mol. The van der Waals surface area contributed by atoms with Gasteiger partial charge in [-0.1, -0.05) is 13.8 Å². The zero-order valence-electron chi connectivity index (χ0n) is 9.49. The molecule has 2 atom stereocenters. The Balaban J connectivity index is 1.91. The van der Waals surface area contributed by atoms with E-state index in [1.165, 1.54) is 16.3 Å². The molecule has 0 saturated heterocycles. The van der Waals surface area contributed by atoms with Gasteiger partial charge in [-0.2, -0.15) is 0 Å². The highest BCUT2D eigenvalue weighted by molar-refractivity contribution is 7.12. The van der Waals surface area contributed by atoms with Crippen LogP contribution in [0.1, 0.15) is 54.1 Å². The second-order valence-electron chi connectivity index (χ2n) is 5.54. The molecule has 4 heteroatoms. The van der Waals surface area contributed by atoms with Gasteiger partial charge in [0.2, 0.25) is 0 Å². The number of hydrogen-bond acceptors (Lipinski definition) is 3. The number of hydrogen-bond donors (Lipinski definition) is 1. The Morgan fingerprint density at radius 1 is 1.56 bits per heavy atom. The molecular weight excluding hydrogens is 222 g/mol. The van der Waals surface area contributed by atoms with Crippen LogP contribution in [0, 0.1) is 5.41 Å². The van der Waals surface area contributed by atoms with Gasteiger partial charge in [0.25, 0.3) is 0 Å². The van der Waals surface area contributed by atoms with E-state index in [-0.39, 0.29) is 5.92 Å². The van der Waals surface area contributed by atoms with E-state index in [9.17, 15) is 4.79 Å². The highest BCUT2D eigenvalue weighted by Gasteiger charge is 2.49. The van der Waals surface area contributed by atoms with Crippen LogP contribution in [0.3, 0.4) is 0 Å². The molecule has 86 valence electrons. The summed E-state index contributed by atoms with van der Waals surface area (Å²) in [6.45, 7) is 4.50. The van der Waals surface area contributed by atoms with Gasteiger partial charge in [0.1, 0.15) is 5.92 Å². The molecule has 2 aliphatic carbocycles. The third-order valence-electron chi connectivity index (χ3n) is 3.84. The summed E-state index contributed by atoms with van der Waals surface area (Å²) in [5.41, 5.74) is 1.24. The largest absolute Gasteiger partial charge is 0.481 e. The standard InChI is InChI=1S/C12H15NO2S/c1-12(2)5-7(12)10-13-9-6(11(14)15)3-4-8(9)16-10/h6-7H,3-5H2,1-2H3,(H,14,15). The van der Waals surface area contributed by atoms with E-state index < -0.39 is 5.97 Å². The smallest absolute Gasteiger partial charge is 0.312 e. The van der Waals surface area contributed by atoms with E-state index >= 15 is 0 Å². The Bertz CT molecular complexity index is 464. The molecule has 3 rings (SSSR count). The third-order valence-corrected chi connectivity index (χ3v) is 5.09. The van der Waals surface area contributed by atoms with Gasteiger partial charge in [0.05, 0.1) is 10.7 Å². The Labute approximate surface area is 98.5 Å². The summed E-state index contributed by atoms with van der Waals surface area (Å²) in [7, 11) is 0. The van der Waals surface area contributed by atoms with Crippen LogP contribution in [0.25, 0.3) is 0 Å². The van der Waals surface area contributed by atoms with Gasteiger partial charge in [0, 0.05) is 10.8 Å². The molecule has 0 amide bonds. The van der Waals surface area contributed by atoms with E-state index in [1.54, 1.807) is 11.3 Å². The van der Waals surface area contributed by atoms with Crippen molar-refractivity contribution in [3.05, 3.63) is 15.6 Å². The molecular formula is C12H15NO2S. The number of carboxylic acids is 1. The Kier molecular flexibility index (Phi) is 1.97. The van der Waals surface area contributed by atoms with Crippen LogP contribution in [0.4, 0.5) is 0 Å². The maximum atomic E-state index is 11.1. The fraction of sp³-hybridized carbons (Fsp3) is 0.667. The van der Waals surface area contributed by atoms with Gasteiger partial charge in [-0.3, -0.25) is 4.79 Å². The van der Waals surface area contributed by atoms with Crippen molar-refractivity contribution in [3.63, 3.8) is 0 Å². The van der Waals surface area contributed by atoms with E-state index in [2.05, 4.69) is 18.8 Å². The zero-order chi connectivity index (χ0) is 11.5. The molecule has 2 unspecified atom stereocenters. The van der Waals surface area contributed by atoms with Crippen molar-refractivity contribution in [2.75, 3.05) is 0 Å². The normalized spacial score (nSPS) is 30.1.